The van der Waals surface area contributed by atoms with Crippen molar-refractivity contribution >= 4 is 23.2 Å². The van der Waals surface area contributed by atoms with E-state index in [1.165, 1.54) is 0 Å². The molecule has 6 nitrogen and oxygen atoms in total. The summed E-state index contributed by atoms with van der Waals surface area (Å²) in [6.07, 6.45) is 0.480. The number of carbonyl (C=O) groups is 2. The first-order valence-electron chi connectivity index (χ1n) is 7.73. The number of hydrogen-bond acceptors (Lipinski definition) is 4. The lowest BCUT2D eigenvalue weighted by Gasteiger charge is -2.06. The number of hydrogen-bond donors (Lipinski definition) is 2. The maximum absolute atomic E-state index is 12.2. The van der Waals surface area contributed by atoms with Crippen LogP contribution in [0.2, 0.25) is 0 Å². The Kier molecular flexibility index (Phi) is 4.45. The number of nitrogens with one attached hydrogen (secondary N) is 2. The molecule has 2 aromatic carbocycles. The highest BCUT2D eigenvalue weighted by Crippen LogP contribution is 2.40. The van der Waals surface area contributed by atoms with E-state index in [9.17, 15) is 9.59 Å². The molecular formula is C19H14N4O2. The van der Waals surface area contributed by atoms with Crippen LogP contribution in [0.25, 0.3) is 0 Å². The van der Waals surface area contributed by atoms with Gasteiger partial charge in [0.2, 0.25) is 11.8 Å². The van der Waals surface area contributed by atoms with Crippen molar-refractivity contribution in [3.05, 3.63) is 59.7 Å². The zero-order chi connectivity index (χ0) is 17.8. The monoisotopic (exact) mass is 330 g/mol. The Bertz CT molecular complexity index is 848. The highest BCUT2D eigenvalue weighted by atomic mass is 16.2. The summed E-state index contributed by atoms with van der Waals surface area (Å²) in [6, 6.07) is 17.3. The van der Waals surface area contributed by atoms with E-state index in [1.54, 1.807) is 48.5 Å². The predicted octanol–water partition coefficient (Wildman–Crippen LogP) is 2.64. The maximum atomic E-state index is 12.2. The summed E-state index contributed by atoms with van der Waals surface area (Å²) >= 11 is 0. The van der Waals surface area contributed by atoms with Gasteiger partial charge >= 0.3 is 0 Å². The average molecular weight is 330 g/mol. The Balaban J connectivity index is 1.58. The molecule has 0 saturated heterocycles. The Morgan fingerprint density at radius 1 is 0.840 bits per heavy atom. The molecule has 2 N–H and O–H groups in total. The highest BCUT2D eigenvalue weighted by molar-refractivity contribution is 6.03. The Morgan fingerprint density at radius 2 is 1.28 bits per heavy atom. The lowest BCUT2D eigenvalue weighted by molar-refractivity contribution is -0.122. The van der Waals surface area contributed by atoms with Gasteiger partial charge in [-0.15, -0.1) is 0 Å². The number of carbonyl (C=O) groups excluding carboxylic acids is 2. The van der Waals surface area contributed by atoms with Crippen LogP contribution in [0, 0.1) is 34.5 Å². The molecule has 122 valence electrons. The lowest BCUT2D eigenvalue weighted by atomic mass is 10.2. The lowest BCUT2D eigenvalue weighted by Crippen LogP contribution is -2.20. The summed E-state index contributed by atoms with van der Waals surface area (Å²) in [5.74, 6) is -1.24. The molecule has 0 bridgehead atoms. The fourth-order valence-corrected chi connectivity index (χ4v) is 2.58. The van der Waals surface area contributed by atoms with Crippen molar-refractivity contribution in [3.8, 4) is 12.1 Å². The molecule has 25 heavy (non-hydrogen) atoms. The topological polar surface area (TPSA) is 106 Å². The number of rotatable bonds is 4. The van der Waals surface area contributed by atoms with Crippen LogP contribution in [0.1, 0.15) is 17.5 Å². The fourth-order valence-electron chi connectivity index (χ4n) is 2.58. The van der Waals surface area contributed by atoms with E-state index >= 15 is 0 Å². The molecule has 1 fully saturated rings. The van der Waals surface area contributed by atoms with Crippen LogP contribution in [0.4, 0.5) is 11.4 Å². The molecule has 2 unspecified atom stereocenters. The Morgan fingerprint density at radius 3 is 1.68 bits per heavy atom. The van der Waals surface area contributed by atoms with Gasteiger partial charge in [-0.25, -0.2) is 0 Å². The van der Waals surface area contributed by atoms with Crippen LogP contribution >= 0.6 is 0 Å². The van der Waals surface area contributed by atoms with Gasteiger partial charge in [-0.2, -0.15) is 10.5 Å². The van der Waals surface area contributed by atoms with Crippen LogP contribution in [0.3, 0.4) is 0 Å². The molecular weight excluding hydrogens is 316 g/mol. The molecule has 6 heteroatoms. The molecule has 0 aliphatic heterocycles. The van der Waals surface area contributed by atoms with Crippen molar-refractivity contribution in [2.75, 3.05) is 10.6 Å². The normalized spacial score (nSPS) is 17.7. The van der Waals surface area contributed by atoms with Crippen molar-refractivity contribution in [2.24, 2.45) is 11.8 Å². The first-order chi connectivity index (χ1) is 12.1. The summed E-state index contributed by atoms with van der Waals surface area (Å²) in [6.45, 7) is 0. The second-order valence-electron chi connectivity index (χ2n) is 5.81. The highest BCUT2D eigenvalue weighted by Gasteiger charge is 2.48. The molecule has 3 rings (SSSR count). The van der Waals surface area contributed by atoms with Gasteiger partial charge in [0, 0.05) is 11.4 Å². The minimum atomic E-state index is -0.384. The van der Waals surface area contributed by atoms with Gasteiger partial charge in [-0.05, 0) is 42.8 Å². The predicted molar refractivity (Wildman–Crippen MR) is 91.2 cm³/mol. The molecule has 0 heterocycles. The number of benzene rings is 2. The quantitative estimate of drug-likeness (QED) is 0.898. The van der Waals surface area contributed by atoms with E-state index in [2.05, 4.69) is 10.6 Å². The van der Waals surface area contributed by atoms with Gasteiger partial charge in [0.05, 0.1) is 35.1 Å². The van der Waals surface area contributed by atoms with E-state index < -0.39 is 0 Å². The third kappa shape index (κ3) is 3.82. The van der Waals surface area contributed by atoms with Crippen LogP contribution in [0.15, 0.2) is 48.5 Å². The summed E-state index contributed by atoms with van der Waals surface area (Å²) in [7, 11) is 0. The molecule has 0 spiro atoms. The van der Waals surface area contributed by atoms with E-state index in [1.807, 2.05) is 12.1 Å². The second-order valence-corrected chi connectivity index (χ2v) is 5.81. The van der Waals surface area contributed by atoms with Crippen molar-refractivity contribution in [1.82, 2.24) is 0 Å². The van der Waals surface area contributed by atoms with Gasteiger partial charge in [-0.3, -0.25) is 9.59 Å². The van der Waals surface area contributed by atoms with E-state index in [4.69, 9.17) is 10.5 Å². The van der Waals surface area contributed by atoms with Gasteiger partial charge in [-0.1, -0.05) is 12.1 Å². The number of nitriles is 2. The summed E-state index contributed by atoms with van der Waals surface area (Å²) < 4.78 is 0. The molecule has 1 aliphatic carbocycles. The molecule has 0 aromatic heterocycles. The zero-order valence-electron chi connectivity index (χ0n) is 13.2. The summed E-state index contributed by atoms with van der Waals surface area (Å²) in [5.41, 5.74) is 1.99. The van der Waals surface area contributed by atoms with Gasteiger partial charge in [0.25, 0.3) is 0 Å². The van der Waals surface area contributed by atoms with Crippen LogP contribution in [-0.2, 0) is 9.59 Å². The number of nitrogens with zero attached hydrogens (tertiary/aromatic N) is 2. The molecule has 1 saturated carbocycles. The molecule has 2 amide bonds. The van der Waals surface area contributed by atoms with E-state index in [0.717, 1.165) is 0 Å². The van der Waals surface area contributed by atoms with Crippen molar-refractivity contribution in [1.29, 1.82) is 10.5 Å². The zero-order valence-corrected chi connectivity index (χ0v) is 13.2. The minimum Gasteiger partial charge on any atom is -0.326 e. The van der Waals surface area contributed by atoms with Gasteiger partial charge < -0.3 is 10.6 Å². The molecule has 2 atom stereocenters. The van der Waals surface area contributed by atoms with Crippen LogP contribution < -0.4 is 10.6 Å². The Labute approximate surface area is 144 Å². The van der Waals surface area contributed by atoms with E-state index in [0.29, 0.717) is 28.9 Å². The smallest absolute Gasteiger partial charge is 0.228 e. The van der Waals surface area contributed by atoms with Gasteiger partial charge in [0.1, 0.15) is 0 Å². The average Bonchev–Trinajstić information content (AvgIpc) is 3.43. The Hall–Kier alpha value is -3.64. The molecule has 1 aliphatic rings. The first kappa shape index (κ1) is 16.2. The minimum absolute atomic E-state index is 0.235. The summed E-state index contributed by atoms with van der Waals surface area (Å²) in [5, 5.41) is 23.2. The van der Waals surface area contributed by atoms with E-state index in [-0.39, 0.29) is 23.7 Å². The third-order valence-corrected chi connectivity index (χ3v) is 3.98. The van der Waals surface area contributed by atoms with Gasteiger partial charge in [0.15, 0.2) is 0 Å². The van der Waals surface area contributed by atoms with Crippen LogP contribution in [0.5, 0.6) is 0 Å². The van der Waals surface area contributed by atoms with Crippen LogP contribution in [-0.4, -0.2) is 11.8 Å². The second kappa shape index (κ2) is 6.86. The number of amides is 2. The van der Waals surface area contributed by atoms with Crippen molar-refractivity contribution in [2.45, 2.75) is 6.42 Å². The third-order valence-electron chi connectivity index (χ3n) is 3.98. The molecule has 2 aromatic rings. The largest absolute Gasteiger partial charge is 0.326 e. The first-order valence-corrected chi connectivity index (χ1v) is 7.73. The summed E-state index contributed by atoms with van der Waals surface area (Å²) in [4.78, 5) is 24.5. The fraction of sp³-hybridized carbons (Fsp3) is 0.158. The molecule has 0 radical (unpaired) electrons. The maximum Gasteiger partial charge on any atom is 0.228 e. The number of anilines is 2. The standard InChI is InChI=1S/C19H14N4O2/c20-10-12-3-1-5-14(7-12)22-18(24)16-9-17(16)19(25)23-15-6-2-4-13(8-15)11-21/h1-8,16-17H,9H2,(H,22,24)(H,23,25). The van der Waals surface area contributed by atoms with Crippen molar-refractivity contribution < 1.29 is 9.59 Å². The SMILES string of the molecule is N#Cc1cccc(NC(=O)C2CC2C(=O)Nc2cccc(C#N)c2)c1. The van der Waals surface area contributed by atoms with Crippen molar-refractivity contribution in [3.63, 3.8) is 0 Å².